The van der Waals surface area contributed by atoms with E-state index in [9.17, 15) is 0 Å². The quantitative estimate of drug-likeness (QED) is 0.863. The summed E-state index contributed by atoms with van der Waals surface area (Å²) in [5.41, 5.74) is 6.86. The van der Waals surface area contributed by atoms with Crippen molar-refractivity contribution in [2.75, 3.05) is 11.4 Å². The van der Waals surface area contributed by atoms with Crippen LogP contribution in [-0.2, 0) is 0 Å². The molecule has 1 aliphatic heterocycles. The van der Waals surface area contributed by atoms with E-state index in [0.29, 0.717) is 6.04 Å². The number of thiazole rings is 1. The minimum atomic E-state index is 0.0440. The lowest BCUT2D eigenvalue weighted by Crippen LogP contribution is -2.42. The molecule has 0 aromatic carbocycles. The van der Waals surface area contributed by atoms with Crippen LogP contribution < -0.4 is 10.6 Å². The zero-order valence-electron chi connectivity index (χ0n) is 10.3. The highest BCUT2D eigenvalue weighted by Gasteiger charge is 2.26. The van der Waals surface area contributed by atoms with Gasteiger partial charge in [0.15, 0.2) is 5.13 Å². The molecule has 90 valence electrons. The fourth-order valence-electron chi connectivity index (χ4n) is 2.22. The molecule has 3 atom stereocenters. The molecule has 4 heteroatoms. The van der Waals surface area contributed by atoms with Gasteiger partial charge in [-0.2, -0.15) is 0 Å². The van der Waals surface area contributed by atoms with Crippen LogP contribution in [0.4, 0.5) is 5.13 Å². The lowest BCUT2D eigenvalue weighted by Gasteiger charge is -2.37. The number of hydrogen-bond donors (Lipinski definition) is 1. The van der Waals surface area contributed by atoms with E-state index in [1.54, 1.807) is 11.3 Å². The zero-order chi connectivity index (χ0) is 11.7. The van der Waals surface area contributed by atoms with Gasteiger partial charge < -0.3 is 10.6 Å². The Kier molecular flexibility index (Phi) is 3.50. The zero-order valence-corrected chi connectivity index (χ0v) is 11.1. The van der Waals surface area contributed by atoms with Gasteiger partial charge in [0, 0.05) is 24.0 Å². The van der Waals surface area contributed by atoms with Crippen LogP contribution in [0.25, 0.3) is 0 Å². The first-order chi connectivity index (χ1) is 7.59. The fraction of sp³-hybridized carbons (Fsp3) is 0.750. The summed E-state index contributed by atoms with van der Waals surface area (Å²) in [6.07, 6.45) is 2.61. The maximum Gasteiger partial charge on any atom is 0.185 e. The first kappa shape index (κ1) is 11.9. The SMILES string of the molecule is CC(N)c1csc(N2CCCC(C)C2C)n1. The second kappa shape index (κ2) is 4.72. The highest BCUT2D eigenvalue weighted by molar-refractivity contribution is 7.13. The molecule has 0 aliphatic carbocycles. The lowest BCUT2D eigenvalue weighted by atomic mass is 9.93. The highest BCUT2D eigenvalue weighted by atomic mass is 32.1. The van der Waals surface area contributed by atoms with Gasteiger partial charge in [-0.1, -0.05) is 6.92 Å². The summed E-state index contributed by atoms with van der Waals surface area (Å²) in [6, 6.07) is 0.642. The standard InChI is InChI=1S/C12H21N3S/c1-8-5-4-6-15(10(8)3)12-14-11(7-16-12)9(2)13/h7-10H,4-6,13H2,1-3H3. The van der Waals surface area contributed by atoms with Crippen LogP contribution in [0.3, 0.4) is 0 Å². The molecule has 0 spiro atoms. The van der Waals surface area contributed by atoms with Crippen molar-refractivity contribution < 1.29 is 0 Å². The van der Waals surface area contributed by atoms with Crippen molar-refractivity contribution in [3.05, 3.63) is 11.1 Å². The smallest absolute Gasteiger partial charge is 0.185 e. The van der Waals surface area contributed by atoms with Crippen molar-refractivity contribution in [2.45, 2.75) is 45.7 Å². The van der Waals surface area contributed by atoms with Crippen LogP contribution in [0.1, 0.15) is 45.3 Å². The number of hydrogen-bond acceptors (Lipinski definition) is 4. The van der Waals surface area contributed by atoms with Crippen LogP contribution in [0.5, 0.6) is 0 Å². The average Bonchev–Trinajstić information content (AvgIpc) is 2.71. The summed E-state index contributed by atoms with van der Waals surface area (Å²) < 4.78 is 0. The molecule has 1 aromatic rings. The predicted octanol–water partition coefficient (Wildman–Crippen LogP) is 2.79. The Labute approximate surface area is 102 Å². The van der Waals surface area contributed by atoms with E-state index in [1.807, 2.05) is 6.92 Å². The van der Waals surface area contributed by atoms with Gasteiger partial charge in [-0.15, -0.1) is 11.3 Å². The summed E-state index contributed by atoms with van der Waals surface area (Å²) in [5.74, 6) is 0.761. The van der Waals surface area contributed by atoms with Crippen molar-refractivity contribution in [2.24, 2.45) is 11.7 Å². The number of nitrogens with two attached hydrogens (primary N) is 1. The van der Waals surface area contributed by atoms with E-state index in [2.05, 4.69) is 29.1 Å². The minimum absolute atomic E-state index is 0.0440. The van der Waals surface area contributed by atoms with Crippen molar-refractivity contribution in [1.82, 2.24) is 4.98 Å². The summed E-state index contributed by atoms with van der Waals surface area (Å²) in [4.78, 5) is 7.07. The molecule has 0 amide bonds. The molecule has 0 radical (unpaired) electrons. The van der Waals surface area contributed by atoms with E-state index in [-0.39, 0.29) is 6.04 Å². The van der Waals surface area contributed by atoms with Crippen LogP contribution in [0.15, 0.2) is 5.38 Å². The van der Waals surface area contributed by atoms with Gasteiger partial charge in [-0.3, -0.25) is 0 Å². The van der Waals surface area contributed by atoms with Crippen LogP contribution >= 0.6 is 11.3 Å². The molecule has 3 unspecified atom stereocenters. The molecule has 2 N–H and O–H groups in total. The second-order valence-electron chi connectivity index (χ2n) is 4.90. The van der Waals surface area contributed by atoms with Crippen LogP contribution in [-0.4, -0.2) is 17.6 Å². The summed E-state index contributed by atoms with van der Waals surface area (Å²) >= 11 is 1.72. The maximum atomic E-state index is 5.84. The summed E-state index contributed by atoms with van der Waals surface area (Å²) in [7, 11) is 0. The fourth-order valence-corrected chi connectivity index (χ4v) is 3.27. The van der Waals surface area contributed by atoms with Gasteiger partial charge in [0.25, 0.3) is 0 Å². The molecule has 0 saturated carbocycles. The number of aromatic nitrogens is 1. The van der Waals surface area contributed by atoms with Crippen molar-refractivity contribution in [3.63, 3.8) is 0 Å². The molecule has 2 rings (SSSR count). The van der Waals surface area contributed by atoms with Crippen LogP contribution in [0, 0.1) is 5.92 Å². The first-order valence-electron chi connectivity index (χ1n) is 6.07. The Morgan fingerprint density at radius 2 is 2.31 bits per heavy atom. The Morgan fingerprint density at radius 1 is 1.56 bits per heavy atom. The van der Waals surface area contributed by atoms with Gasteiger partial charge in [0.1, 0.15) is 0 Å². The van der Waals surface area contributed by atoms with E-state index in [0.717, 1.165) is 23.3 Å². The van der Waals surface area contributed by atoms with Gasteiger partial charge in [0.2, 0.25) is 0 Å². The number of rotatable bonds is 2. The lowest BCUT2D eigenvalue weighted by molar-refractivity contribution is 0.363. The molecule has 0 bridgehead atoms. The van der Waals surface area contributed by atoms with Crippen molar-refractivity contribution >= 4 is 16.5 Å². The largest absolute Gasteiger partial charge is 0.345 e. The third kappa shape index (κ3) is 2.23. The Balaban J connectivity index is 2.16. The van der Waals surface area contributed by atoms with E-state index in [4.69, 9.17) is 5.73 Å². The molecule has 1 saturated heterocycles. The highest BCUT2D eigenvalue weighted by Crippen LogP contribution is 2.31. The molecular weight excluding hydrogens is 218 g/mol. The number of piperidine rings is 1. The molecule has 16 heavy (non-hydrogen) atoms. The van der Waals surface area contributed by atoms with E-state index >= 15 is 0 Å². The Hall–Kier alpha value is -0.610. The van der Waals surface area contributed by atoms with E-state index in [1.165, 1.54) is 12.8 Å². The molecule has 1 aliphatic rings. The normalized spacial score (nSPS) is 28.1. The molecule has 2 heterocycles. The van der Waals surface area contributed by atoms with Crippen LogP contribution in [0.2, 0.25) is 0 Å². The third-order valence-electron chi connectivity index (χ3n) is 3.60. The Bertz CT molecular complexity index is 348. The van der Waals surface area contributed by atoms with Gasteiger partial charge in [-0.05, 0) is 32.6 Å². The number of anilines is 1. The van der Waals surface area contributed by atoms with Gasteiger partial charge in [-0.25, -0.2) is 4.98 Å². The Morgan fingerprint density at radius 3 is 2.94 bits per heavy atom. The molecule has 1 aromatic heterocycles. The summed E-state index contributed by atoms with van der Waals surface area (Å²) in [6.45, 7) is 7.76. The first-order valence-corrected chi connectivity index (χ1v) is 6.95. The molecule has 1 fully saturated rings. The average molecular weight is 239 g/mol. The minimum Gasteiger partial charge on any atom is -0.345 e. The summed E-state index contributed by atoms with van der Waals surface area (Å²) in [5, 5.41) is 3.23. The topological polar surface area (TPSA) is 42.1 Å². The molecule has 3 nitrogen and oxygen atoms in total. The van der Waals surface area contributed by atoms with Crippen molar-refractivity contribution in [1.29, 1.82) is 0 Å². The van der Waals surface area contributed by atoms with E-state index < -0.39 is 0 Å². The predicted molar refractivity (Wildman–Crippen MR) is 69.9 cm³/mol. The second-order valence-corrected chi connectivity index (χ2v) is 5.73. The maximum absolute atomic E-state index is 5.84. The van der Waals surface area contributed by atoms with Gasteiger partial charge >= 0.3 is 0 Å². The monoisotopic (exact) mass is 239 g/mol. The third-order valence-corrected chi connectivity index (χ3v) is 4.49. The molecular formula is C12H21N3S. The van der Waals surface area contributed by atoms with Crippen molar-refractivity contribution in [3.8, 4) is 0 Å². The number of nitrogens with zero attached hydrogens (tertiary/aromatic N) is 2. The van der Waals surface area contributed by atoms with Gasteiger partial charge in [0.05, 0.1) is 5.69 Å².